The van der Waals surface area contributed by atoms with Gasteiger partial charge in [-0.1, -0.05) is 5.11 Å². The van der Waals surface area contributed by atoms with Crippen molar-refractivity contribution in [2.45, 2.75) is 24.0 Å². The predicted octanol–water partition coefficient (Wildman–Crippen LogP) is -1.90. The van der Waals surface area contributed by atoms with Gasteiger partial charge in [-0.05, 0) is 5.53 Å². The molecule has 1 heterocycles. The quantitative estimate of drug-likeness (QED) is 0.237. The van der Waals surface area contributed by atoms with Gasteiger partial charge in [0.2, 0.25) is 5.79 Å². The van der Waals surface area contributed by atoms with Crippen molar-refractivity contribution >= 4 is 0 Å². The van der Waals surface area contributed by atoms with E-state index in [1.807, 2.05) is 0 Å². The Morgan fingerprint density at radius 1 is 1.57 bits per heavy atom. The number of hydrogen-bond donors (Lipinski definition) is 4. The highest BCUT2D eigenvalue weighted by Crippen LogP contribution is 2.24. The molecule has 4 N–H and O–H groups in total. The number of ether oxygens (including phenoxy) is 1. The third kappa shape index (κ3) is 1.80. The molecule has 1 rings (SSSR count). The van der Waals surface area contributed by atoms with Crippen molar-refractivity contribution < 1.29 is 25.2 Å². The highest BCUT2D eigenvalue weighted by molar-refractivity contribution is 4.94. The van der Waals surface area contributed by atoms with Gasteiger partial charge in [0.1, 0.15) is 6.10 Å². The molecule has 1 fully saturated rings. The van der Waals surface area contributed by atoms with E-state index in [-0.39, 0.29) is 6.61 Å². The molecule has 1 aliphatic rings. The topological polar surface area (TPSA) is 139 Å². The first kappa shape index (κ1) is 11.2. The normalized spacial score (nSPS) is 43.0. The molecule has 0 spiro atoms. The van der Waals surface area contributed by atoms with Gasteiger partial charge < -0.3 is 25.2 Å². The van der Waals surface area contributed by atoms with Crippen LogP contribution in [-0.4, -0.2) is 57.7 Å². The van der Waals surface area contributed by atoms with Gasteiger partial charge in [0.15, 0.2) is 0 Å². The second-order valence-corrected chi connectivity index (χ2v) is 3.02. The Balaban J connectivity index is 2.78. The maximum absolute atomic E-state index is 9.39. The summed E-state index contributed by atoms with van der Waals surface area (Å²) in [5, 5.41) is 40.0. The van der Waals surface area contributed by atoms with Crippen LogP contribution < -0.4 is 0 Å². The summed E-state index contributed by atoms with van der Waals surface area (Å²) in [5.74, 6) is -2.19. The average molecular weight is 205 g/mol. The Bertz CT molecular complexity index is 256. The molecular formula is C6H11N3O5. The van der Waals surface area contributed by atoms with Gasteiger partial charge in [-0.3, -0.25) is 0 Å². The summed E-state index contributed by atoms with van der Waals surface area (Å²) < 4.78 is 4.69. The van der Waals surface area contributed by atoms with Crippen LogP contribution in [0.15, 0.2) is 5.11 Å². The lowest BCUT2D eigenvalue weighted by Crippen LogP contribution is -2.62. The van der Waals surface area contributed by atoms with Crippen LogP contribution >= 0.6 is 0 Å². The molecule has 0 amide bonds. The first-order valence-corrected chi connectivity index (χ1v) is 3.92. The first-order chi connectivity index (χ1) is 6.55. The number of nitrogens with zero attached hydrogens (tertiary/aromatic N) is 3. The second-order valence-electron chi connectivity index (χ2n) is 3.02. The summed E-state index contributed by atoms with van der Waals surface area (Å²) in [7, 11) is 0. The van der Waals surface area contributed by atoms with E-state index in [0.717, 1.165) is 0 Å². The van der Waals surface area contributed by atoms with Gasteiger partial charge in [-0.15, -0.1) is 0 Å². The molecule has 0 aliphatic carbocycles. The third-order valence-electron chi connectivity index (χ3n) is 2.11. The highest BCUT2D eigenvalue weighted by Gasteiger charge is 2.48. The van der Waals surface area contributed by atoms with Gasteiger partial charge in [0.25, 0.3) is 0 Å². The van der Waals surface area contributed by atoms with Crippen LogP contribution in [0.5, 0.6) is 0 Å². The van der Waals surface area contributed by atoms with Crippen LogP contribution in [0.25, 0.3) is 10.4 Å². The molecule has 1 aliphatic heterocycles. The fourth-order valence-corrected chi connectivity index (χ4v) is 1.20. The van der Waals surface area contributed by atoms with Gasteiger partial charge in [0, 0.05) is 4.91 Å². The molecule has 0 bridgehead atoms. The molecule has 0 aromatic heterocycles. The zero-order valence-corrected chi connectivity index (χ0v) is 7.19. The van der Waals surface area contributed by atoms with Crippen LogP contribution in [0.2, 0.25) is 0 Å². The van der Waals surface area contributed by atoms with E-state index in [4.69, 9.17) is 15.4 Å². The molecule has 4 atom stereocenters. The minimum atomic E-state index is -2.19. The molecular weight excluding hydrogens is 194 g/mol. The van der Waals surface area contributed by atoms with Gasteiger partial charge in [0.05, 0.1) is 25.4 Å². The molecule has 0 aromatic carbocycles. The van der Waals surface area contributed by atoms with Crippen molar-refractivity contribution in [3.8, 4) is 0 Å². The zero-order chi connectivity index (χ0) is 10.8. The highest BCUT2D eigenvalue weighted by atomic mass is 16.7. The maximum Gasteiger partial charge on any atom is 0.218 e. The van der Waals surface area contributed by atoms with Crippen LogP contribution in [0.1, 0.15) is 0 Å². The minimum absolute atomic E-state index is 0.265. The van der Waals surface area contributed by atoms with Crippen LogP contribution in [0.4, 0.5) is 0 Å². The van der Waals surface area contributed by atoms with Crippen molar-refractivity contribution in [3.63, 3.8) is 0 Å². The summed E-state index contributed by atoms with van der Waals surface area (Å²) in [6.45, 7) is -1.12. The van der Waals surface area contributed by atoms with Crippen LogP contribution in [0, 0.1) is 0 Å². The minimum Gasteiger partial charge on any atom is -0.391 e. The number of aliphatic hydroxyl groups excluding tert-OH is 3. The van der Waals surface area contributed by atoms with Crippen LogP contribution in [-0.2, 0) is 4.74 Å². The van der Waals surface area contributed by atoms with E-state index in [1.165, 1.54) is 0 Å². The number of aliphatic hydroxyl groups is 4. The second kappa shape index (κ2) is 4.09. The average Bonchev–Trinajstić information content (AvgIpc) is 2.19. The Labute approximate surface area is 79.0 Å². The standard InChI is InChI=1S/C6H11N3O5/c7-9-8-3-1-14-6(13,2-10)5(12)4(3)11/h3-5,10-13H,1-2H2/t3-,4+,5+,6?/m0/s1. The summed E-state index contributed by atoms with van der Waals surface area (Å²) >= 11 is 0. The molecule has 0 aromatic rings. The Morgan fingerprint density at radius 2 is 2.21 bits per heavy atom. The molecule has 1 saturated heterocycles. The molecule has 1 unspecified atom stereocenters. The van der Waals surface area contributed by atoms with Crippen LogP contribution in [0.3, 0.4) is 0 Å². The van der Waals surface area contributed by atoms with E-state index in [2.05, 4.69) is 10.0 Å². The fraction of sp³-hybridized carbons (Fsp3) is 1.00. The van der Waals surface area contributed by atoms with E-state index < -0.39 is 30.6 Å². The van der Waals surface area contributed by atoms with E-state index in [9.17, 15) is 15.3 Å². The van der Waals surface area contributed by atoms with Crippen molar-refractivity contribution in [1.29, 1.82) is 0 Å². The Morgan fingerprint density at radius 3 is 2.71 bits per heavy atom. The summed E-state index contributed by atoms with van der Waals surface area (Å²) in [6, 6.07) is -0.971. The van der Waals surface area contributed by atoms with Crippen molar-refractivity contribution in [2.24, 2.45) is 5.11 Å². The van der Waals surface area contributed by atoms with E-state index >= 15 is 0 Å². The molecule has 8 nitrogen and oxygen atoms in total. The summed E-state index contributed by atoms with van der Waals surface area (Å²) in [6.07, 6.45) is -3.17. The third-order valence-corrected chi connectivity index (χ3v) is 2.11. The molecule has 80 valence electrons. The lowest BCUT2D eigenvalue weighted by atomic mass is 9.96. The zero-order valence-electron chi connectivity index (χ0n) is 7.19. The van der Waals surface area contributed by atoms with Crippen molar-refractivity contribution in [1.82, 2.24) is 0 Å². The van der Waals surface area contributed by atoms with E-state index in [0.29, 0.717) is 0 Å². The fourth-order valence-electron chi connectivity index (χ4n) is 1.20. The van der Waals surface area contributed by atoms with Gasteiger partial charge in [-0.2, -0.15) is 0 Å². The summed E-state index contributed by atoms with van der Waals surface area (Å²) in [4.78, 5) is 2.45. The lowest BCUT2D eigenvalue weighted by molar-refractivity contribution is -0.315. The lowest BCUT2D eigenvalue weighted by Gasteiger charge is -2.40. The molecule has 14 heavy (non-hydrogen) atoms. The number of rotatable bonds is 2. The molecule has 8 heteroatoms. The van der Waals surface area contributed by atoms with E-state index in [1.54, 1.807) is 0 Å². The van der Waals surface area contributed by atoms with Crippen molar-refractivity contribution in [2.75, 3.05) is 13.2 Å². The molecule has 0 radical (unpaired) electrons. The maximum atomic E-state index is 9.39. The Hall–Kier alpha value is -0.890. The SMILES string of the molecule is [N-]=[N+]=N[C@H]1COC(O)(CO)[C@H](O)[C@@H]1O. The van der Waals surface area contributed by atoms with Crippen molar-refractivity contribution in [3.05, 3.63) is 10.4 Å². The first-order valence-electron chi connectivity index (χ1n) is 3.92. The Kier molecular flexibility index (Phi) is 3.27. The monoisotopic (exact) mass is 205 g/mol. The molecule has 0 saturated carbocycles. The van der Waals surface area contributed by atoms with Gasteiger partial charge >= 0.3 is 0 Å². The predicted molar refractivity (Wildman–Crippen MR) is 42.9 cm³/mol. The number of hydrogen-bond acceptors (Lipinski definition) is 6. The smallest absolute Gasteiger partial charge is 0.218 e. The number of azide groups is 1. The summed E-state index contributed by atoms with van der Waals surface area (Å²) in [5.41, 5.74) is 8.11. The largest absolute Gasteiger partial charge is 0.391 e. The van der Waals surface area contributed by atoms with Gasteiger partial charge in [-0.25, -0.2) is 0 Å².